The number of hydrogen-bond acceptors (Lipinski definition) is 5. The summed E-state index contributed by atoms with van der Waals surface area (Å²) < 4.78 is 6.99. The lowest BCUT2D eigenvalue weighted by Crippen LogP contribution is -2.39. The standard InChI is InChI=1S/C14H21BrN4O/c1-13(2)8-4-5-14(13,3)10(6-8)20-11-9(15)7-17-12(18-11)19-16/h7-8,10H,4-6,16H2,1-3H3,(H,17,18,19). The lowest BCUT2D eigenvalue weighted by atomic mass is 9.70. The Morgan fingerprint density at radius 1 is 1.45 bits per heavy atom. The van der Waals surface area contributed by atoms with Crippen LogP contribution in [-0.2, 0) is 0 Å². The molecule has 0 radical (unpaired) electrons. The average Bonchev–Trinajstić information content (AvgIpc) is 2.74. The van der Waals surface area contributed by atoms with Crippen LogP contribution in [0.1, 0.15) is 40.0 Å². The predicted molar refractivity (Wildman–Crippen MR) is 81.2 cm³/mol. The van der Waals surface area contributed by atoms with Crippen LogP contribution < -0.4 is 16.0 Å². The largest absolute Gasteiger partial charge is 0.473 e. The van der Waals surface area contributed by atoms with Gasteiger partial charge in [0, 0.05) is 5.41 Å². The number of nitrogens with two attached hydrogens (primary N) is 1. The maximum Gasteiger partial charge on any atom is 0.240 e. The van der Waals surface area contributed by atoms with E-state index in [1.54, 1.807) is 6.20 Å². The van der Waals surface area contributed by atoms with Gasteiger partial charge in [0.2, 0.25) is 11.8 Å². The quantitative estimate of drug-likeness (QED) is 0.653. The molecule has 2 fully saturated rings. The van der Waals surface area contributed by atoms with Gasteiger partial charge in [0.05, 0.1) is 10.7 Å². The molecule has 110 valence electrons. The van der Waals surface area contributed by atoms with E-state index in [1.807, 2.05) is 0 Å². The van der Waals surface area contributed by atoms with Gasteiger partial charge >= 0.3 is 0 Å². The summed E-state index contributed by atoms with van der Waals surface area (Å²) in [4.78, 5) is 8.35. The van der Waals surface area contributed by atoms with Crippen LogP contribution in [0.15, 0.2) is 10.7 Å². The molecule has 2 saturated carbocycles. The first kappa shape index (κ1) is 14.1. The topological polar surface area (TPSA) is 73.1 Å². The van der Waals surface area contributed by atoms with Crippen molar-refractivity contribution in [3.8, 4) is 5.88 Å². The van der Waals surface area contributed by atoms with Gasteiger partial charge in [-0.3, -0.25) is 5.43 Å². The monoisotopic (exact) mass is 340 g/mol. The van der Waals surface area contributed by atoms with E-state index < -0.39 is 0 Å². The minimum Gasteiger partial charge on any atom is -0.473 e. The number of nitrogens with zero attached hydrogens (tertiary/aromatic N) is 2. The molecule has 2 aliphatic carbocycles. The first-order valence-corrected chi connectivity index (χ1v) is 7.83. The zero-order valence-corrected chi connectivity index (χ0v) is 13.7. The number of nitrogen functional groups attached to an aromatic ring is 1. The number of halogens is 1. The van der Waals surface area contributed by atoms with Crippen molar-refractivity contribution in [2.75, 3.05) is 5.43 Å². The molecule has 2 bridgehead atoms. The summed E-state index contributed by atoms with van der Waals surface area (Å²) in [6, 6.07) is 0. The summed E-state index contributed by atoms with van der Waals surface area (Å²) >= 11 is 3.45. The molecule has 3 rings (SSSR count). The molecule has 5 nitrogen and oxygen atoms in total. The molecule has 1 aromatic rings. The number of fused-ring (bicyclic) bond motifs is 2. The van der Waals surface area contributed by atoms with Gasteiger partial charge in [0.15, 0.2) is 0 Å². The zero-order chi connectivity index (χ0) is 14.5. The summed E-state index contributed by atoms with van der Waals surface area (Å²) in [7, 11) is 0. The first-order valence-electron chi connectivity index (χ1n) is 7.04. The molecule has 0 aromatic carbocycles. The van der Waals surface area contributed by atoms with Gasteiger partial charge in [0.25, 0.3) is 0 Å². The number of ether oxygens (including phenoxy) is 1. The Balaban J connectivity index is 1.87. The van der Waals surface area contributed by atoms with Crippen molar-refractivity contribution in [3.05, 3.63) is 10.7 Å². The number of hydrazine groups is 1. The van der Waals surface area contributed by atoms with E-state index in [4.69, 9.17) is 10.6 Å². The van der Waals surface area contributed by atoms with Crippen molar-refractivity contribution in [2.24, 2.45) is 22.6 Å². The molecule has 0 saturated heterocycles. The summed E-state index contributed by atoms with van der Waals surface area (Å²) in [5.74, 6) is 7.04. The second-order valence-corrected chi connectivity index (χ2v) is 7.56. The molecule has 2 aliphatic rings. The van der Waals surface area contributed by atoms with Gasteiger partial charge in [-0.1, -0.05) is 20.8 Å². The summed E-state index contributed by atoms with van der Waals surface area (Å²) in [6.45, 7) is 7.09. The Labute approximate surface area is 127 Å². The van der Waals surface area contributed by atoms with Gasteiger partial charge in [-0.05, 0) is 46.5 Å². The second-order valence-electron chi connectivity index (χ2n) is 6.71. The Hall–Kier alpha value is -0.880. The van der Waals surface area contributed by atoms with E-state index in [-0.39, 0.29) is 11.5 Å². The molecule has 0 amide bonds. The molecular weight excluding hydrogens is 320 g/mol. The molecule has 1 aromatic heterocycles. The third-order valence-electron chi connectivity index (χ3n) is 5.81. The fourth-order valence-electron chi connectivity index (χ4n) is 3.95. The van der Waals surface area contributed by atoms with Gasteiger partial charge in [-0.25, -0.2) is 10.8 Å². The smallest absolute Gasteiger partial charge is 0.240 e. The number of aromatic nitrogens is 2. The molecule has 0 aliphatic heterocycles. The number of nitrogens with one attached hydrogen (secondary N) is 1. The van der Waals surface area contributed by atoms with Crippen LogP contribution in [0.2, 0.25) is 0 Å². The van der Waals surface area contributed by atoms with Crippen LogP contribution in [0.4, 0.5) is 5.95 Å². The highest BCUT2D eigenvalue weighted by Gasteiger charge is 2.62. The van der Waals surface area contributed by atoms with E-state index in [9.17, 15) is 0 Å². The third-order valence-corrected chi connectivity index (χ3v) is 6.35. The van der Waals surface area contributed by atoms with Crippen LogP contribution in [0.25, 0.3) is 0 Å². The zero-order valence-electron chi connectivity index (χ0n) is 12.1. The highest BCUT2D eigenvalue weighted by atomic mass is 79.9. The van der Waals surface area contributed by atoms with Gasteiger partial charge in [-0.2, -0.15) is 4.98 Å². The van der Waals surface area contributed by atoms with E-state index in [0.29, 0.717) is 17.2 Å². The summed E-state index contributed by atoms with van der Waals surface area (Å²) in [6.07, 6.45) is 5.50. The van der Waals surface area contributed by atoms with E-state index in [0.717, 1.165) is 16.8 Å². The molecular formula is C14H21BrN4O. The molecule has 3 unspecified atom stereocenters. The third kappa shape index (κ3) is 1.84. The van der Waals surface area contributed by atoms with Gasteiger partial charge in [0.1, 0.15) is 6.10 Å². The lowest BCUT2D eigenvalue weighted by Gasteiger charge is -2.38. The van der Waals surface area contributed by atoms with Gasteiger partial charge < -0.3 is 4.74 Å². The normalized spacial score (nSPS) is 34.2. The molecule has 3 atom stereocenters. The Kier molecular flexibility index (Phi) is 3.21. The number of anilines is 1. The van der Waals surface area contributed by atoms with Crippen molar-refractivity contribution in [1.82, 2.24) is 9.97 Å². The Morgan fingerprint density at radius 2 is 2.20 bits per heavy atom. The van der Waals surface area contributed by atoms with Crippen molar-refractivity contribution < 1.29 is 4.74 Å². The number of rotatable bonds is 3. The van der Waals surface area contributed by atoms with Crippen LogP contribution in [0.3, 0.4) is 0 Å². The summed E-state index contributed by atoms with van der Waals surface area (Å²) in [5, 5.41) is 0. The molecule has 3 N–H and O–H groups in total. The molecule has 1 heterocycles. The van der Waals surface area contributed by atoms with E-state index in [2.05, 4.69) is 52.1 Å². The van der Waals surface area contributed by atoms with Crippen LogP contribution in [0, 0.1) is 16.7 Å². The SMILES string of the molecule is CC1(C)C2CCC1(C)C(Oc1nc(NN)ncc1Br)C2. The van der Waals surface area contributed by atoms with Crippen molar-refractivity contribution >= 4 is 21.9 Å². The Bertz CT molecular complexity index is 536. The lowest BCUT2D eigenvalue weighted by molar-refractivity contribution is 0.0268. The fraction of sp³-hybridized carbons (Fsp3) is 0.714. The van der Waals surface area contributed by atoms with Crippen LogP contribution in [-0.4, -0.2) is 16.1 Å². The Morgan fingerprint density at radius 3 is 2.75 bits per heavy atom. The maximum atomic E-state index is 6.23. The predicted octanol–water partition coefficient (Wildman–Crippen LogP) is 3.12. The van der Waals surface area contributed by atoms with Crippen molar-refractivity contribution in [2.45, 2.75) is 46.1 Å². The van der Waals surface area contributed by atoms with Crippen LogP contribution >= 0.6 is 15.9 Å². The summed E-state index contributed by atoms with van der Waals surface area (Å²) in [5.41, 5.74) is 2.99. The van der Waals surface area contributed by atoms with Crippen molar-refractivity contribution in [3.63, 3.8) is 0 Å². The fourth-order valence-corrected chi connectivity index (χ4v) is 4.23. The second kappa shape index (κ2) is 4.56. The highest BCUT2D eigenvalue weighted by molar-refractivity contribution is 9.10. The maximum absolute atomic E-state index is 6.23. The highest BCUT2D eigenvalue weighted by Crippen LogP contribution is 2.66. The average molecular weight is 341 g/mol. The molecule has 6 heteroatoms. The number of hydrogen-bond donors (Lipinski definition) is 2. The van der Waals surface area contributed by atoms with E-state index >= 15 is 0 Å². The van der Waals surface area contributed by atoms with Crippen molar-refractivity contribution in [1.29, 1.82) is 0 Å². The van der Waals surface area contributed by atoms with Crippen LogP contribution in [0.5, 0.6) is 5.88 Å². The minimum absolute atomic E-state index is 0.202. The minimum atomic E-state index is 0.202. The molecule has 20 heavy (non-hydrogen) atoms. The molecule has 0 spiro atoms. The van der Waals surface area contributed by atoms with Gasteiger partial charge in [-0.15, -0.1) is 0 Å². The first-order chi connectivity index (χ1) is 9.38. The van der Waals surface area contributed by atoms with E-state index in [1.165, 1.54) is 12.8 Å².